The topological polar surface area (TPSA) is 106 Å². The van der Waals surface area contributed by atoms with Crippen molar-refractivity contribution in [1.29, 1.82) is 5.26 Å². The van der Waals surface area contributed by atoms with Crippen molar-refractivity contribution < 1.29 is 18.8 Å². The standard InChI is InChI=1S/C30H25N3O5/c1-17-6-5-9-21-25(17)37-32(26(21)34)15-14-30-13-12-29(2,38-30)23-24(30)28(36)33(27(23)35)22-11-10-18(16-31)19-7-3-4-8-20(19)22/h3-11,23-24H,12-15H2,1-2H3. The molecule has 0 spiro atoms. The summed E-state index contributed by atoms with van der Waals surface area (Å²) in [4.78, 5) is 42.3. The maximum Gasteiger partial charge on any atom is 0.290 e. The number of carbonyl (C=O) groups is 2. The predicted molar refractivity (Wildman–Crippen MR) is 139 cm³/mol. The van der Waals surface area contributed by atoms with Gasteiger partial charge in [0, 0.05) is 10.8 Å². The second-order valence-corrected chi connectivity index (χ2v) is 10.9. The van der Waals surface area contributed by atoms with Gasteiger partial charge in [-0.05, 0) is 56.9 Å². The van der Waals surface area contributed by atoms with Gasteiger partial charge < -0.3 is 9.26 Å². The molecule has 0 aliphatic carbocycles. The first-order valence-corrected chi connectivity index (χ1v) is 12.9. The van der Waals surface area contributed by atoms with Gasteiger partial charge in [-0.25, -0.2) is 4.90 Å². The number of benzene rings is 3. The lowest BCUT2D eigenvalue weighted by Gasteiger charge is -2.31. The molecule has 0 N–H and O–H groups in total. The zero-order valence-corrected chi connectivity index (χ0v) is 21.1. The molecule has 4 aromatic rings. The zero-order chi connectivity index (χ0) is 26.4. The molecule has 2 bridgehead atoms. The number of rotatable bonds is 4. The first-order valence-electron chi connectivity index (χ1n) is 12.9. The van der Waals surface area contributed by atoms with Crippen LogP contribution in [0.25, 0.3) is 21.7 Å². The molecule has 4 unspecified atom stereocenters. The fraction of sp³-hybridized carbons (Fsp3) is 0.333. The highest BCUT2D eigenvalue weighted by Crippen LogP contribution is 2.62. The molecule has 4 atom stereocenters. The second kappa shape index (κ2) is 7.65. The smallest absolute Gasteiger partial charge is 0.290 e. The number of aromatic nitrogens is 1. The Labute approximate surface area is 218 Å². The van der Waals surface area contributed by atoms with E-state index in [0.717, 1.165) is 5.56 Å². The minimum absolute atomic E-state index is 0.213. The van der Waals surface area contributed by atoms with Crippen LogP contribution < -0.4 is 10.5 Å². The van der Waals surface area contributed by atoms with Gasteiger partial charge in [-0.1, -0.05) is 36.4 Å². The summed E-state index contributed by atoms with van der Waals surface area (Å²) in [5.74, 6) is -1.81. The first kappa shape index (κ1) is 22.9. The zero-order valence-electron chi connectivity index (χ0n) is 21.1. The van der Waals surface area contributed by atoms with Crippen molar-refractivity contribution in [3.63, 3.8) is 0 Å². The van der Waals surface area contributed by atoms with Crippen LogP contribution in [0.3, 0.4) is 0 Å². The third-order valence-electron chi connectivity index (χ3n) is 8.88. The average molecular weight is 508 g/mol. The van der Waals surface area contributed by atoms with E-state index in [1.807, 2.05) is 50.2 Å². The number of nitriles is 1. The maximum atomic E-state index is 14.1. The van der Waals surface area contributed by atoms with E-state index in [9.17, 15) is 19.6 Å². The molecular weight excluding hydrogens is 482 g/mol. The molecule has 3 saturated heterocycles. The monoisotopic (exact) mass is 507 g/mol. The van der Waals surface area contributed by atoms with Gasteiger partial charge in [0.2, 0.25) is 11.8 Å². The van der Waals surface area contributed by atoms with Crippen LogP contribution >= 0.6 is 0 Å². The maximum absolute atomic E-state index is 14.1. The number of para-hydroxylation sites is 1. The number of ether oxygens (including phenoxy) is 1. The van der Waals surface area contributed by atoms with Gasteiger partial charge in [0.05, 0.1) is 52.3 Å². The van der Waals surface area contributed by atoms with Gasteiger partial charge in [-0.2, -0.15) is 10.0 Å². The molecule has 0 saturated carbocycles. The highest BCUT2D eigenvalue weighted by molar-refractivity contribution is 6.26. The molecule has 7 rings (SSSR count). The number of carbonyl (C=O) groups excluding carboxylic acids is 2. The normalized spacial score (nSPS) is 28.0. The van der Waals surface area contributed by atoms with Crippen molar-refractivity contribution in [2.24, 2.45) is 11.8 Å². The third-order valence-corrected chi connectivity index (χ3v) is 8.88. The molecule has 4 heterocycles. The molecular formula is C30H25N3O5. The summed E-state index contributed by atoms with van der Waals surface area (Å²) >= 11 is 0. The molecule has 0 radical (unpaired) electrons. The van der Waals surface area contributed by atoms with Crippen molar-refractivity contribution in [3.05, 3.63) is 76.1 Å². The summed E-state index contributed by atoms with van der Waals surface area (Å²) in [5.41, 5.74) is 0.579. The Hall–Kier alpha value is -4.22. The van der Waals surface area contributed by atoms with Gasteiger partial charge >= 0.3 is 0 Å². The number of nitrogens with zero attached hydrogens (tertiary/aromatic N) is 3. The van der Waals surface area contributed by atoms with Crippen molar-refractivity contribution in [2.75, 3.05) is 4.90 Å². The Morgan fingerprint density at radius 2 is 1.68 bits per heavy atom. The molecule has 8 nitrogen and oxygen atoms in total. The number of anilines is 1. The molecule has 38 heavy (non-hydrogen) atoms. The fourth-order valence-corrected chi connectivity index (χ4v) is 7.09. The largest absolute Gasteiger partial charge is 0.375 e. The summed E-state index contributed by atoms with van der Waals surface area (Å²) in [6, 6.07) is 18.3. The van der Waals surface area contributed by atoms with E-state index in [2.05, 4.69) is 6.07 Å². The molecule has 3 aromatic carbocycles. The van der Waals surface area contributed by atoms with Crippen LogP contribution in [0.4, 0.5) is 5.69 Å². The Bertz CT molecular complexity index is 1800. The minimum atomic E-state index is -0.864. The van der Waals surface area contributed by atoms with Crippen molar-refractivity contribution in [1.82, 2.24) is 4.74 Å². The third kappa shape index (κ3) is 2.85. The number of hydrogen-bond donors (Lipinski definition) is 0. The molecule has 8 heteroatoms. The van der Waals surface area contributed by atoms with Crippen molar-refractivity contribution in [2.45, 2.75) is 50.9 Å². The Morgan fingerprint density at radius 1 is 0.947 bits per heavy atom. The molecule has 3 aliphatic rings. The number of imide groups is 1. The van der Waals surface area contributed by atoms with E-state index in [0.29, 0.717) is 52.3 Å². The Kier molecular flexibility index (Phi) is 4.62. The van der Waals surface area contributed by atoms with Crippen LogP contribution in [0.15, 0.2) is 63.9 Å². The van der Waals surface area contributed by atoms with Crippen LogP contribution in [0.1, 0.15) is 37.3 Å². The van der Waals surface area contributed by atoms with Crippen LogP contribution in [-0.2, 0) is 20.9 Å². The first-order chi connectivity index (χ1) is 18.3. The van der Waals surface area contributed by atoms with Crippen molar-refractivity contribution in [3.8, 4) is 6.07 Å². The Morgan fingerprint density at radius 3 is 2.45 bits per heavy atom. The molecule has 3 aliphatic heterocycles. The molecule has 2 amide bonds. The van der Waals surface area contributed by atoms with Crippen LogP contribution in [0, 0.1) is 30.1 Å². The second-order valence-electron chi connectivity index (χ2n) is 10.9. The summed E-state index contributed by atoms with van der Waals surface area (Å²) in [7, 11) is 0. The van der Waals surface area contributed by atoms with E-state index >= 15 is 0 Å². The molecule has 190 valence electrons. The lowest BCUT2D eigenvalue weighted by Crippen LogP contribution is -2.43. The SMILES string of the molecule is Cc1cccc2c(=O)n(CCC34CCC(C)(O3)C3C(=O)N(c5ccc(C#N)c6ccccc56)C(=O)C34)oc12. The van der Waals surface area contributed by atoms with Gasteiger partial charge in [-0.15, -0.1) is 0 Å². The van der Waals surface area contributed by atoms with Gasteiger partial charge in [-0.3, -0.25) is 14.4 Å². The highest BCUT2D eigenvalue weighted by atomic mass is 16.5. The minimum Gasteiger partial charge on any atom is -0.375 e. The fourth-order valence-electron chi connectivity index (χ4n) is 7.09. The predicted octanol–water partition coefficient (Wildman–Crippen LogP) is 4.45. The van der Waals surface area contributed by atoms with E-state index in [1.165, 1.54) is 9.64 Å². The summed E-state index contributed by atoms with van der Waals surface area (Å²) in [6.07, 6.45) is 1.66. The number of aryl methyl sites for hydroxylation is 2. The number of amides is 2. The Balaban J connectivity index is 1.27. The van der Waals surface area contributed by atoms with Gasteiger partial charge in [0.15, 0.2) is 5.58 Å². The summed E-state index contributed by atoms with van der Waals surface area (Å²) in [6.45, 7) is 4.06. The lowest BCUT2D eigenvalue weighted by molar-refractivity contribution is -0.131. The van der Waals surface area contributed by atoms with Gasteiger partial charge in [0.1, 0.15) is 0 Å². The van der Waals surface area contributed by atoms with E-state index in [-0.39, 0.29) is 23.9 Å². The van der Waals surface area contributed by atoms with E-state index in [4.69, 9.17) is 9.26 Å². The molecule has 1 aromatic heterocycles. The lowest BCUT2D eigenvalue weighted by atomic mass is 9.67. The van der Waals surface area contributed by atoms with Crippen LogP contribution in [-0.4, -0.2) is 27.8 Å². The van der Waals surface area contributed by atoms with Crippen molar-refractivity contribution >= 4 is 39.2 Å². The molecule has 3 fully saturated rings. The number of fused-ring (bicyclic) bond motifs is 7. The van der Waals surface area contributed by atoms with Crippen LogP contribution in [0.2, 0.25) is 0 Å². The van der Waals surface area contributed by atoms with E-state index < -0.39 is 23.0 Å². The highest BCUT2D eigenvalue weighted by Gasteiger charge is 2.73. The number of hydrogen-bond acceptors (Lipinski definition) is 6. The average Bonchev–Trinajstić information content (AvgIpc) is 3.60. The summed E-state index contributed by atoms with van der Waals surface area (Å²) < 4.78 is 13.8. The van der Waals surface area contributed by atoms with Crippen LogP contribution in [0.5, 0.6) is 0 Å². The quantitative estimate of drug-likeness (QED) is 0.378. The van der Waals surface area contributed by atoms with Gasteiger partial charge in [0.25, 0.3) is 5.56 Å². The van der Waals surface area contributed by atoms with E-state index in [1.54, 1.807) is 18.2 Å². The summed E-state index contributed by atoms with van der Waals surface area (Å²) in [5, 5.41) is 11.5.